The van der Waals surface area contributed by atoms with Crippen LogP contribution in [0.25, 0.3) is 11.2 Å². The van der Waals surface area contributed by atoms with Crippen molar-refractivity contribution in [2.75, 3.05) is 37.7 Å². The van der Waals surface area contributed by atoms with Gasteiger partial charge >= 0.3 is 5.69 Å². The third-order valence-electron chi connectivity index (χ3n) is 5.18. The number of carbonyl (C=O) groups is 1. The summed E-state index contributed by atoms with van der Waals surface area (Å²) in [5.74, 6) is 0.602. The third kappa shape index (κ3) is 2.61. The van der Waals surface area contributed by atoms with E-state index >= 15 is 0 Å². The molecule has 10 nitrogen and oxygen atoms in total. The molecule has 140 valence electrons. The molecule has 26 heavy (non-hydrogen) atoms. The van der Waals surface area contributed by atoms with Gasteiger partial charge in [-0.15, -0.1) is 0 Å². The van der Waals surface area contributed by atoms with Gasteiger partial charge in [0.15, 0.2) is 11.2 Å². The topological polar surface area (TPSA) is 105 Å². The number of amides is 1. The van der Waals surface area contributed by atoms with E-state index in [1.54, 1.807) is 7.05 Å². The largest absolute Gasteiger partial charge is 0.368 e. The molecular weight excluding hydrogens is 340 g/mol. The van der Waals surface area contributed by atoms with Crippen molar-refractivity contribution < 1.29 is 9.53 Å². The van der Waals surface area contributed by atoms with E-state index in [0.717, 1.165) is 17.4 Å². The minimum atomic E-state index is -0.410. The number of ether oxygens (including phenoxy) is 1. The molecule has 2 aromatic heterocycles. The Morgan fingerprint density at radius 1 is 1.15 bits per heavy atom. The minimum Gasteiger partial charge on any atom is -0.368 e. The molecule has 1 amide bonds. The first-order valence-corrected chi connectivity index (χ1v) is 8.78. The summed E-state index contributed by atoms with van der Waals surface area (Å²) >= 11 is 0. The summed E-state index contributed by atoms with van der Waals surface area (Å²) in [6, 6.07) is 0. The number of imidazole rings is 1. The van der Waals surface area contributed by atoms with Crippen LogP contribution in [0.3, 0.4) is 0 Å². The number of nitrogens with zero attached hydrogens (tertiary/aromatic N) is 5. The molecule has 4 heterocycles. The molecule has 2 saturated heterocycles. The van der Waals surface area contributed by atoms with Crippen molar-refractivity contribution in [3.63, 3.8) is 0 Å². The summed E-state index contributed by atoms with van der Waals surface area (Å²) in [5, 5.41) is 0. The highest BCUT2D eigenvalue weighted by Crippen LogP contribution is 2.19. The fourth-order valence-electron chi connectivity index (χ4n) is 3.58. The third-order valence-corrected chi connectivity index (χ3v) is 5.18. The Morgan fingerprint density at radius 3 is 2.54 bits per heavy atom. The summed E-state index contributed by atoms with van der Waals surface area (Å²) in [7, 11) is 3.03. The van der Waals surface area contributed by atoms with Gasteiger partial charge in [0, 0.05) is 46.9 Å². The van der Waals surface area contributed by atoms with Crippen molar-refractivity contribution >= 4 is 23.0 Å². The Bertz CT molecular complexity index is 960. The number of hydrogen-bond donors (Lipinski definition) is 1. The molecule has 2 aromatic rings. The maximum absolute atomic E-state index is 12.4. The molecule has 0 spiro atoms. The molecule has 10 heteroatoms. The van der Waals surface area contributed by atoms with Crippen LogP contribution in [0.2, 0.25) is 0 Å². The molecule has 4 rings (SSSR count). The normalized spacial score (nSPS) is 20.9. The maximum atomic E-state index is 12.4. The summed E-state index contributed by atoms with van der Waals surface area (Å²) in [6.45, 7) is 3.02. The number of carbonyl (C=O) groups excluding carboxylic acids is 1. The molecule has 0 aromatic carbocycles. The molecule has 2 fully saturated rings. The van der Waals surface area contributed by atoms with Gasteiger partial charge < -0.3 is 19.5 Å². The lowest BCUT2D eigenvalue weighted by molar-refractivity contribution is -0.141. The molecule has 0 saturated carbocycles. The number of nitrogens with one attached hydrogen (secondary N) is 1. The molecule has 0 bridgehead atoms. The zero-order chi connectivity index (χ0) is 18.4. The van der Waals surface area contributed by atoms with Gasteiger partial charge in [-0.05, 0) is 12.8 Å². The minimum absolute atomic E-state index is 0.0584. The number of aromatic amines is 1. The van der Waals surface area contributed by atoms with Gasteiger partial charge in [0.1, 0.15) is 6.10 Å². The number of H-pyrrole nitrogens is 1. The van der Waals surface area contributed by atoms with Crippen LogP contribution in [0.15, 0.2) is 9.59 Å². The second-order valence-corrected chi connectivity index (χ2v) is 6.78. The van der Waals surface area contributed by atoms with Crippen LogP contribution in [0.4, 0.5) is 5.95 Å². The molecule has 1 N–H and O–H groups in total. The van der Waals surface area contributed by atoms with Gasteiger partial charge in [-0.25, -0.2) is 4.79 Å². The first-order valence-electron chi connectivity index (χ1n) is 8.78. The first kappa shape index (κ1) is 16.8. The summed E-state index contributed by atoms with van der Waals surface area (Å²) in [4.78, 5) is 48.0. The van der Waals surface area contributed by atoms with E-state index in [0.29, 0.717) is 49.9 Å². The van der Waals surface area contributed by atoms with E-state index < -0.39 is 11.2 Å². The molecule has 0 radical (unpaired) electrons. The van der Waals surface area contributed by atoms with Crippen molar-refractivity contribution in [3.05, 3.63) is 20.8 Å². The monoisotopic (exact) mass is 362 g/mol. The second kappa shape index (κ2) is 6.27. The summed E-state index contributed by atoms with van der Waals surface area (Å²) < 4.78 is 7.89. The molecule has 0 aliphatic carbocycles. The van der Waals surface area contributed by atoms with Gasteiger partial charge in [-0.3, -0.25) is 18.7 Å². The van der Waals surface area contributed by atoms with E-state index in [-0.39, 0.29) is 12.0 Å². The van der Waals surface area contributed by atoms with Crippen LogP contribution >= 0.6 is 0 Å². The SMILES string of the molecule is Cn1c(=O)c2[nH]c(N3CCN(C(=O)C4CCCO4)CC3)nc2n(C)c1=O. The van der Waals surface area contributed by atoms with Gasteiger partial charge in [0.2, 0.25) is 5.95 Å². The number of aromatic nitrogens is 4. The zero-order valence-electron chi connectivity index (χ0n) is 14.9. The fourth-order valence-corrected chi connectivity index (χ4v) is 3.58. The van der Waals surface area contributed by atoms with Gasteiger partial charge in [0.25, 0.3) is 11.5 Å². The molecule has 1 unspecified atom stereocenters. The van der Waals surface area contributed by atoms with Crippen LogP contribution in [0.5, 0.6) is 0 Å². The quantitative estimate of drug-likeness (QED) is 0.719. The van der Waals surface area contributed by atoms with Gasteiger partial charge in [0.05, 0.1) is 0 Å². The Morgan fingerprint density at radius 2 is 1.88 bits per heavy atom. The predicted molar refractivity (Wildman–Crippen MR) is 94.3 cm³/mol. The van der Waals surface area contributed by atoms with Crippen LogP contribution < -0.4 is 16.1 Å². The lowest BCUT2D eigenvalue weighted by atomic mass is 10.2. The predicted octanol–water partition coefficient (Wildman–Crippen LogP) is -1.21. The molecule has 1 atom stereocenters. The maximum Gasteiger partial charge on any atom is 0.332 e. The van der Waals surface area contributed by atoms with Crippen molar-refractivity contribution in [2.45, 2.75) is 18.9 Å². The average molecular weight is 362 g/mol. The number of aryl methyl sites for hydroxylation is 1. The van der Waals surface area contributed by atoms with Crippen molar-refractivity contribution in [1.82, 2.24) is 24.0 Å². The van der Waals surface area contributed by atoms with E-state index in [9.17, 15) is 14.4 Å². The lowest BCUT2D eigenvalue weighted by Gasteiger charge is -2.35. The molecular formula is C16H22N6O4. The number of fused-ring (bicyclic) bond motifs is 1. The van der Waals surface area contributed by atoms with Crippen molar-refractivity contribution in [3.8, 4) is 0 Å². The zero-order valence-corrected chi connectivity index (χ0v) is 14.9. The van der Waals surface area contributed by atoms with Crippen LogP contribution in [0, 0.1) is 0 Å². The Labute approximate surface area is 149 Å². The fraction of sp³-hybridized carbons (Fsp3) is 0.625. The summed E-state index contributed by atoms with van der Waals surface area (Å²) in [6.07, 6.45) is 1.42. The van der Waals surface area contributed by atoms with Gasteiger partial charge in [-0.2, -0.15) is 4.98 Å². The first-order chi connectivity index (χ1) is 12.5. The highest BCUT2D eigenvalue weighted by Gasteiger charge is 2.31. The highest BCUT2D eigenvalue weighted by atomic mass is 16.5. The van der Waals surface area contributed by atoms with E-state index in [2.05, 4.69) is 9.97 Å². The smallest absolute Gasteiger partial charge is 0.332 e. The van der Waals surface area contributed by atoms with Crippen LogP contribution in [-0.2, 0) is 23.6 Å². The van der Waals surface area contributed by atoms with E-state index in [1.807, 2.05) is 9.80 Å². The van der Waals surface area contributed by atoms with Crippen LogP contribution in [-0.4, -0.2) is 68.8 Å². The highest BCUT2D eigenvalue weighted by molar-refractivity contribution is 5.81. The van der Waals surface area contributed by atoms with Crippen molar-refractivity contribution in [2.24, 2.45) is 14.1 Å². The number of rotatable bonds is 2. The Hall–Kier alpha value is -2.62. The Balaban J connectivity index is 1.54. The standard InChI is InChI=1S/C16H22N6O4/c1-19-12-11(14(24)20(2)16(19)25)17-15(18-12)22-7-5-21(6-8-22)13(23)10-4-3-9-26-10/h10H,3-9H2,1-2H3,(H,17,18). The number of hydrogen-bond acceptors (Lipinski definition) is 6. The molecule has 2 aliphatic heterocycles. The summed E-state index contributed by atoms with van der Waals surface area (Å²) in [5.41, 5.74) is -0.157. The van der Waals surface area contributed by atoms with E-state index in [4.69, 9.17) is 4.74 Å². The number of anilines is 1. The average Bonchev–Trinajstić information content (AvgIpc) is 3.34. The molecule has 2 aliphatic rings. The number of piperazine rings is 1. The Kier molecular flexibility index (Phi) is 4.06. The van der Waals surface area contributed by atoms with E-state index in [1.165, 1.54) is 11.6 Å². The lowest BCUT2D eigenvalue weighted by Crippen LogP contribution is -2.51. The van der Waals surface area contributed by atoms with Gasteiger partial charge in [-0.1, -0.05) is 0 Å². The van der Waals surface area contributed by atoms with Crippen molar-refractivity contribution in [1.29, 1.82) is 0 Å². The second-order valence-electron chi connectivity index (χ2n) is 6.78. The van der Waals surface area contributed by atoms with Crippen LogP contribution in [0.1, 0.15) is 12.8 Å².